The van der Waals surface area contributed by atoms with Gasteiger partial charge in [-0.2, -0.15) is 0 Å². The highest BCUT2D eigenvalue weighted by molar-refractivity contribution is 5.92. The van der Waals surface area contributed by atoms with Crippen LogP contribution in [0.3, 0.4) is 0 Å². The fourth-order valence-corrected chi connectivity index (χ4v) is 2.89. The number of fused-ring (bicyclic) bond motifs is 1. The van der Waals surface area contributed by atoms with Crippen LogP contribution in [0.1, 0.15) is 67.7 Å². The predicted octanol–water partition coefficient (Wildman–Crippen LogP) is 3.97. The molecule has 3 rings (SSSR count). The first kappa shape index (κ1) is 13.2. The van der Waals surface area contributed by atoms with Gasteiger partial charge in [-0.05, 0) is 44.4 Å². The standard InChI is InChI=1S/C16H20N2O2/c1-3-4-10(2)18-14-8-7-12(16(19)20)9-13(14)17-15(18)11-5-6-11/h7-11H,3-6H2,1-2H3,(H,19,20). The molecule has 1 aliphatic carbocycles. The highest BCUT2D eigenvalue weighted by Gasteiger charge is 2.30. The van der Waals surface area contributed by atoms with Gasteiger partial charge in [-0.3, -0.25) is 0 Å². The molecule has 1 aromatic carbocycles. The molecule has 0 amide bonds. The summed E-state index contributed by atoms with van der Waals surface area (Å²) in [5.74, 6) is 0.814. The first-order valence-electron chi connectivity index (χ1n) is 7.37. The summed E-state index contributed by atoms with van der Waals surface area (Å²) in [5.41, 5.74) is 2.19. The van der Waals surface area contributed by atoms with Crippen LogP contribution in [0.2, 0.25) is 0 Å². The molecule has 1 N–H and O–H groups in total. The minimum atomic E-state index is -0.893. The summed E-state index contributed by atoms with van der Waals surface area (Å²) in [4.78, 5) is 15.8. The summed E-state index contributed by atoms with van der Waals surface area (Å²) in [5, 5.41) is 9.10. The van der Waals surface area contributed by atoms with Crippen molar-refractivity contribution >= 4 is 17.0 Å². The number of hydrogen-bond donors (Lipinski definition) is 1. The number of aromatic nitrogens is 2. The average molecular weight is 272 g/mol. The van der Waals surface area contributed by atoms with Gasteiger partial charge in [0.1, 0.15) is 5.82 Å². The Morgan fingerprint density at radius 2 is 2.25 bits per heavy atom. The molecular formula is C16H20N2O2. The minimum absolute atomic E-state index is 0.313. The number of carboxylic acids is 1. The molecule has 0 bridgehead atoms. The topological polar surface area (TPSA) is 55.1 Å². The fraction of sp³-hybridized carbons (Fsp3) is 0.500. The van der Waals surface area contributed by atoms with Crippen molar-refractivity contribution in [2.24, 2.45) is 0 Å². The van der Waals surface area contributed by atoms with Gasteiger partial charge in [0.2, 0.25) is 0 Å². The first-order valence-corrected chi connectivity index (χ1v) is 7.37. The highest BCUT2D eigenvalue weighted by Crippen LogP contribution is 2.42. The van der Waals surface area contributed by atoms with Crippen LogP contribution in [0.25, 0.3) is 11.0 Å². The highest BCUT2D eigenvalue weighted by atomic mass is 16.4. The van der Waals surface area contributed by atoms with Crippen molar-refractivity contribution in [1.29, 1.82) is 0 Å². The first-order chi connectivity index (χ1) is 9.61. The van der Waals surface area contributed by atoms with E-state index in [4.69, 9.17) is 10.1 Å². The molecular weight excluding hydrogens is 252 g/mol. The molecule has 0 saturated heterocycles. The molecule has 1 atom stereocenters. The Balaban J connectivity index is 2.14. The normalized spacial score (nSPS) is 16.5. The lowest BCUT2D eigenvalue weighted by Crippen LogP contribution is -2.08. The Morgan fingerprint density at radius 3 is 2.85 bits per heavy atom. The molecule has 4 heteroatoms. The molecule has 1 aromatic heterocycles. The Bertz CT molecular complexity index is 656. The van der Waals surface area contributed by atoms with Crippen LogP contribution in [-0.2, 0) is 0 Å². The number of imidazole rings is 1. The third kappa shape index (κ3) is 2.19. The van der Waals surface area contributed by atoms with Crippen LogP contribution in [-0.4, -0.2) is 20.6 Å². The molecule has 1 aliphatic rings. The van der Waals surface area contributed by atoms with Crippen molar-refractivity contribution in [1.82, 2.24) is 9.55 Å². The van der Waals surface area contributed by atoms with Gasteiger partial charge < -0.3 is 9.67 Å². The van der Waals surface area contributed by atoms with E-state index in [2.05, 4.69) is 18.4 Å². The molecule has 1 unspecified atom stereocenters. The smallest absolute Gasteiger partial charge is 0.335 e. The van der Waals surface area contributed by atoms with Gasteiger partial charge >= 0.3 is 5.97 Å². The van der Waals surface area contributed by atoms with Crippen molar-refractivity contribution in [3.8, 4) is 0 Å². The van der Waals surface area contributed by atoms with Crippen molar-refractivity contribution in [3.63, 3.8) is 0 Å². The van der Waals surface area contributed by atoms with Gasteiger partial charge in [0.15, 0.2) is 0 Å². The molecule has 0 aliphatic heterocycles. The van der Waals surface area contributed by atoms with Crippen LogP contribution in [0.5, 0.6) is 0 Å². The Hall–Kier alpha value is -1.84. The monoisotopic (exact) mass is 272 g/mol. The van der Waals surface area contributed by atoms with E-state index in [-0.39, 0.29) is 0 Å². The molecule has 4 nitrogen and oxygen atoms in total. The number of carboxylic acid groups (broad SMARTS) is 1. The number of rotatable bonds is 5. The lowest BCUT2D eigenvalue weighted by Gasteiger charge is -2.16. The van der Waals surface area contributed by atoms with Gasteiger partial charge in [-0.25, -0.2) is 9.78 Å². The number of aromatic carboxylic acids is 1. The van der Waals surface area contributed by atoms with E-state index in [1.165, 1.54) is 12.8 Å². The Morgan fingerprint density at radius 1 is 1.50 bits per heavy atom. The van der Waals surface area contributed by atoms with Gasteiger partial charge in [0.25, 0.3) is 0 Å². The van der Waals surface area contributed by atoms with Gasteiger partial charge in [0.05, 0.1) is 16.6 Å². The zero-order chi connectivity index (χ0) is 14.3. The van der Waals surface area contributed by atoms with Crippen LogP contribution >= 0.6 is 0 Å². The van der Waals surface area contributed by atoms with E-state index < -0.39 is 5.97 Å². The lowest BCUT2D eigenvalue weighted by molar-refractivity contribution is 0.0697. The van der Waals surface area contributed by atoms with Gasteiger partial charge in [-0.1, -0.05) is 13.3 Å². The van der Waals surface area contributed by atoms with Crippen molar-refractivity contribution < 1.29 is 9.90 Å². The van der Waals surface area contributed by atoms with Crippen LogP contribution in [0.4, 0.5) is 0 Å². The van der Waals surface area contributed by atoms with Crippen molar-refractivity contribution in [2.45, 2.75) is 51.5 Å². The molecule has 2 aromatic rings. The maximum Gasteiger partial charge on any atom is 0.335 e. The summed E-state index contributed by atoms with van der Waals surface area (Å²) in [6.07, 6.45) is 4.66. The second-order valence-corrected chi connectivity index (χ2v) is 5.76. The molecule has 1 fully saturated rings. The largest absolute Gasteiger partial charge is 0.478 e. The number of benzene rings is 1. The molecule has 0 radical (unpaired) electrons. The van der Waals surface area contributed by atoms with E-state index in [0.717, 1.165) is 29.7 Å². The summed E-state index contributed by atoms with van der Waals surface area (Å²) < 4.78 is 2.32. The summed E-state index contributed by atoms with van der Waals surface area (Å²) in [6.45, 7) is 4.41. The molecule has 106 valence electrons. The number of nitrogens with zero attached hydrogens (tertiary/aromatic N) is 2. The average Bonchev–Trinajstić information content (AvgIpc) is 3.18. The fourth-order valence-electron chi connectivity index (χ4n) is 2.89. The van der Waals surface area contributed by atoms with Crippen LogP contribution in [0, 0.1) is 0 Å². The van der Waals surface area contributed by atoms with E-state index >= 15 is 0 Å². The van der Waals surface area contributed by atoms with Crippen LogP contribution < -0.4 is 0 Å². The number of carbonyl (C=O) groups is 1. The van der Waals surface area contributed by atoms with Crippen molar-refractivity contribution in [2.75, 3.05) is 0 Å². The van der Waals surface area contributed by atoms with E-state index in [1.54, 1.807) is 12.1 Å². The Labute approximate surface area is 118 Å². The predicted molar refractivity (Wildman–Crippen MR) is 78.3 cm³/mol. The molecule has 20 heavy (non-hydrogen) atoms. The van der Waals surface area contributed by atoms with Gasteiger partial charge in [-0.15, -0.1) is 0 Å². The summed E-state index contributed by atoms with van der Waals surface area (Å²) in [7, 11) is 0. The SMILES string of the molecule is CCCC(C)n1c(C2CC2)nc2cc(C(=O)O)ccc21. The zero-order valence-electron chi connectivity index (χ0n) is 12.0. The maximum absolute atomic E-state index is 11.1. The van der Waals surface area contributed by atoms with E-state index in [9.17, 15) is 4.79 Å². The lowest BCUT2D eigenvalue weighted by atomic mass is 10.1. The van der Waals surface area contributed by atoms with Crippen LogP contribution in [0.15, 0.2) is 18.2 Å². The Kier molecular flexibility index (Phi) is 3.24. The zero-order valence-corrected chi connectivity index (χ0v) is 12.0. The van der Waals surface area contributed by atoms with Gasteiger partial charge in [0, 0.05) is 12.0 Å². The maximum atomic E-state index is 11.1. The summed E-state index contributed by atoms with van der Waals surface area (Å²) in [6, 6.07) is 5.69. The van der Waals surface area contributed by atoms with Crippen molar-refractivity contribution in [3.05, 3.63) is 29.6 Å². The number of hydrogen-bond acceptors (Lipinski definition) is 2. The summed E-state index contributed by atoms with van der Waals surface area (Å²) >= 11 is 0. The minimum Gasteiger partial charge on any atom is -0.478 e. The van der Waals surface area contributed by atoms with E-state index in [1.807, 2.05) is 6.07 Å². The van der Waals surface area contributed by atoms with E-state index in [0.29, 0.717) is 17.5 Å². The molecule has 1 heterocycles. The molecule has 1 saturated carbocycles. The second kappa shape index (κ2) is 4.93. The third-order valence-corrected chi connectivity index (χ3v) is 4.05. The quantitative estimate of drug-likeness (QED) is 0.895. The second-order valence-electron chi connectivity index (χ2n) is 5.76. The molecule has 0 spiro atoms. The third-order valence-electron chi connectivity index (χ3n) is 4.05.